The molecule has 6 rings (SSSR count). The zero-order chi connectivity index (χ0) is 43.4. The van der Waals surface area contributed by atoms with Crippen molar-refractivity contribution in [2.75, 3.05) is 6.54 Å². The summed E-state index contributed by atoms with van der Waals surface area (Å²) in [6.07, 6.45) is -3.25. The van der Waals surface area contributed by atoms with Crippen molar-refractivity contribution in [1.29, 1.82) is 0 Å². The number of aromatic nitrogens is 1. The average Bonchev–Trinajstić information content (AvgIpc) is 4.05. The number of pyridine rings is 1. The van der Waals surface area contributed by atoms with Crippen LogP contribution in [0.1, 0.15) is 86.5 Å². The highest BCUT2D eigenvalue weighted by atomic mass is 35.5. The molecule has 7 atom stereocenters. The number of carbonyl (C=O) groups is 4. The van der Waals surface area contributed by atoms with Crippen molar-refractivity contribution in [2.24, 2.45) is 17.8 Å². The molecular weight excluding hydrogens is 819 g/mol. The van der Waals surface area contributed by atoms with Gasteiger partial charge in [0.05, 0.1) is 17.9 Å². The lowest BCUT2D eigenvalue weighted by atomic mass is 9.85. The zero-order valence-electron chi connectivity index (χ0n) is 33.7. The summed E-state index contributed by atoms with van der Waals surface area (Å²) in [5.41, 5.74) is -4.77. The van der Waals surface area contributed by atoms with Gasteiger partial charge in [-0.15, -0.1) is 0 Å². The van der Waals surface area contributed by atoms with Gasteiger partial charge in [-0.25, -0.2) is 13.2 Å². The van der Waals surface area contributed by atoms with Crippen molar-refractivity contribution in [3.8, 4) is 11.8 Å². The molecule has 19 heteroatoms. The molecule has 14 nitrogen and oxygen atoms in total. The van der Waals surface area contributed by atoms with E-state index in [4.69, 9.17) is 21.1 Å². The number of alkyl halides is 3. The molecule has 3 fully saturated rings. The lowest BCUT2D eigenvalue weighted by Gasteiger charge is -2.45. The maximum absolute atomic E-state index is 15.0. The second kappa shape index (κ2) is 16.3. The second-order valence-electron chi connectivity index (χ2n) is 17.2. The molecule has 4 amide bonds. The molecule has 0 radical (unpaired) electrons. The first-order valence-corrected chi connectivity index (χ1v) is 21.8. The lowest BCUT2D eigenvalue weighted by molar-refractivity contribution is -0.222. The number of sulfonamides is 1. The van der Waals surface area contributed by atoms with Crippen molar-refractivity contribution in [1.82, 2.24) is 24.8 Å². The van der Waals surface area contributed by atoms with Gasteiger partial charge in [-0.05, 0) is 90.2 Å². The number of hydrogen-bond donors (Lipinski definition) is 3. The molecule has 0 spiro atoms. The first-order valence-electron chi connectivity index (χ1n) is 19.8. The average molecular weight is 870 g/mol. The van der Waals surface area contributed by atoms with Crippen molar-refractivity contribution >= 4 is 56.2 Å². The summed E-state index contributed by atoms with van der Waals surface area (Å²) in [7, 11) is -4.04. The Morgan fingerprint density at radius 3 is 2.44 bits per heavy atom. The molecule has 1 aromatic carbocycles. The fourth-order valence-electron chi connectivity index (χ4n) is 8.22. The van der Waals surface area contributed by atoms with Gasteiger partial charge in [-0.2, -0.15) is 18.2 Å². The summed E-state index contributed by atoms with van der Waals surface area (Å²) in [6.45, 7) is 7.92. The van der Waals surface area contributed by atoms with Crippen molar-refractivity contribution in [2.45, 2.75) is 133 Å². The standard InChI is InChI=1S/C40H51ClF3N5O9S/c1-21(2)57-31-18-28-27(12-9-13-29(28)41)34(45-31)58-25-17-30-33(50)46-39(36(52)47-59(55,56)26-14-15-26)19-24(39)11-8-7-10-22(3)16-23(4)32(35(51)48(30)20-25)49(37(53)54)38(5,6)40(42,43)44/h8-9,11-13,18,21-26,30,32H,7,10,14-17,19-20H2,1-6H3,(H,46,50)(H,47,52)(H,53,54)/b11-8-/t22-,23+,24+,25+,30-,32-,39+/m0/s1. The van der Waals surface area contributed by atoms with Gasteiger partial charge in [0.2, 0.25) is 33.6 Å². The number of halogens is 4. The molecule has 1 aromatic heterocycles. The number of rotatable bonds is 9. The molecule has 0 bridgehead atoms. The SMILES string of the molecule is CC(C)Oc1cc2c(Cl)cccc2c(O[C@@H]2C[C@H]3C(=O)N[C@]4(C(=O)NS(=O)(=O)C5CC5)C[C@H]4/C=C\CC[C@H](C)C[C@@H](C)[C@H](N(C(=O)O)C(C)(C)C(F)(F)F)C(=O)N3C2)n1. The normalized spacial score (nSPS) is 28.8. The van der Waals surface area contributed by atoms with Crippen LogP contribution < -0.4 is 19.5 Å². The molecule has 3 N–H and O–H groups in total. The summed E-state index contributed by atoms with van der Waals surface area (Å²) in [5, 5.41) is 13.8. The third-order valence-electron chi connectivity index (χ3n) is 11.8. The van der Waals surface area contributed by atoms with Gasteiger partial charge in [-0.1, -0.05) is 43.7 Å². The molecule has 2 aliphatic carbocycles. The van der Waals surface area contributed by atoms with Crippen LogP contribution in [0.4, 0.5) is 18.0 Å². The number of benzene rings is 1. The van der Waals surface area contributed by atoms with E-state index in [0.29, 0.717) is 55.3 Å². The maximum Gasteiger partial charge on any atom is 0.411 e. The summed E-state index contributed by atoms with van der Waals surface area (Å²) < 4.78 is 84.4. The van der Waals surface area contributed by atoms with Gasteiger partial charge in [0.1, 0.15) is 29.3 Å². The van der Waals surface area contributed by atoms with Crippen LogP contribution in [-0.2, 0) is 24.4 Å². The minimum atomic E-state index is -5.11. The van der Waals surface area contributed by atoms with Crippen molar-refractivity contribution in [3.05, 3.63) is 41.4 Å². The Hall–Kier alpha value is -4.32. The van der Waals surface area contributed by atoms with Crippen molar-refractivity contribution in [3.63, 3.8) is 0 Å². The number of hydrogen-bond acceptors (Lipinski definition) is 9. The monoisotopic (exact) mass is 869 g/mol. The third kappa shape index (κ3) is 9.08. The molecule has 2 aromatic rings. The molecule has 0 unspecified atom stereocenters. The topological polar surface area (TPSA) is 185 Å². The minimum Gasteiger partial charge on any atom is -0.475 e. The Morgan fingerprint density at radius 2 is 1.81 bits per heavy atom. The lowest BCUT2D eigenvalue weighted by Crippen LogP contribution is -2.66. The zero-order valence-corrected chi connectivity index (χ0v) is 35.3. The summed E-state index contributed by atoms with van der Waals surface area (Å²) >= 11 is 6.55. The van der Waals surface area contributed by atoms with Crippen LogP contribution in [0.2, 0.25) is 5.02 Å². The van der Waals surface area contributed by atoms with E-state index in [2.05, 4.69) is 15.0 Å². The number of fused-ring (bicyclic) bond motifs is 3. The molecule has 3 heterocycles. The fourth-order valence-corrected chi connectivity index (χ4v) is 9.81. The summed E-state index contributed by atoms with van der Waals surface area (Å²) in [5.74, 6) is -4.50. The Bertz CT molecular complexity index is 2130. The fraction of sp³-hybridized carbons (Fsp3) is 0.625. The molecule has 4 aliphatic rings. The first kappa shape index (κ1) is 44.2. The van der Waals surface area contributed by atoms with Gasteiger partial charge < -0.3 is 24.8 Å². The number of allylic oxidation sites excluding steroid dienone is 1. The molecular formula is C40H51ClF3N5O9S. The number of carboxylic acid groups (broad SMARTS) is 1. The molecule has 1 saturated heterocycles. The second-order valence-corrected chi connectivity index (χ2v) is 19.5. The van der Waals surface area contributed by atoms with Gasteiger partial charge in [0.15, 0.2) is 0 Å². The van der Waals surface area contributed by atoms with E-state index in [9.17, 15) is 41.1 Å². The highest BCUT2D eigenvalue weighted by Gasteiger charge is 2.63. The Kier molecular flexibility index (Phi) is 12.2. The predicted octanol–water partition coefficient (Wildman–Crippen LogP) is 6.21. The van der Waals surface area contributed by atoms with Crippen LogP contribution in [0.5, 0.6) is 11.8 Å². The molecule has 2 aliphatic heterocycles. The number of nitrogens with one attached hydrogen (secondary N) is 2. The predicted molar refractivity (Wildman–Crippen MR) is 211 cm³/mol. The van der Waals surface area contributed by atoms with E-state index < -0.39 is 92.9 Å². The van der Waals surface area contributed by atoms with E-state index >= 15 is 4.79 Å². The highest BCUT2D eigenvalue weighted by Crippen LogP contribution is 2.47. The molecule has 324 valence electrons. The van der Waals surface area contributed by atoms with E-state index in [1.165, 1.54) is 6.92 Å². The first-order chi connectivity index (χ1) is 27.5. The number of amides is 4. The van der Waals surface area contributed by atoms with Gasteiger partial charge >= 0.3 is 12.3 Å². The smallest absolute Gasteiger partial charge is 0.411 e. The Labute approximate surface area is 346 Å². The summed E-state index contributed by atoms with van der Waals surface area (Å²) in [6, 6.07) is 3.22. The van der Waals surface area contributed by atoms with Crippen molar-refractivity contribution < 1.29 is 55.3 Å². The van der Waals surface area contributed by atoms with Crippen LogP contribution in [0, 0.1) is 17.8 Å². The number of ether oxygens (including phenoxy) is 2. The Morgan fingerprint density at radius 1 is 1.12 bits per heavy atom. The quantitative estimate of drug-likeness (QED) is 0.245. The largest absolute Gasteiger partial charge is 0.475 e. The third-order valence-corrected chi connectivity index (χ3v) is 13.9. The molecule has 2 saturated carbocycles. The number of carbonyl (C=O) groups excluding carboxylic acids is 3. The minimum absolute atomic E-state index is 0.0267. The van der Waals surface area contributed by atoms with E-state index in [1.807, 2.05) is 6.92 Å². The molecule has 59 heavy (non-hydrogen) atoms. The summed E-state index contributed by atoms with van der Waals surface area (Å²) in [4.78, 5) is 62.1. The van der Waals surface area contributed by atoms with Crippen LogP contribution in [0.25, 0.3) is 10.8 Å². The van der Waals surface area contributed by atoms with Crippen LogP contribution in [0.15, 0.2) is 36.4 Å². The van der Waals surface area contributed by atoms with Crippen LogP contribution in [-0.4, -0.2) is 105 Å². The number of nitrogens with zero attached hydrogens (tertiary/aromatic N) is 3. The van der Waals surface area contributed by atoms with Gasteiger partial charge in [-0.3, -0.25) is 24.0 Å². The Balaban J connectivity index is 1.44. The van der Waals surface area contributed by atoms with Gasteiger partial charge in [0, 0.05) is 34.2 Å². The van der Waals surface area contributed by atoms with E-state index in [1.54, 1.807) is 50.3 Å². The van der Waals surface area contributed by atoms with Crippen LogP contribution in [0.3, 0.4) is 0 Å². The maximum atomic E-state index is 15.0. The van der Waals surface area contributed by atoms with E-state index in [-0.39, 0.29) is 47.9 Å². The van der Waals surface area contributed by atoms with Crippen LogP contribution >= 0.6 is 11.6 Å². The van der Waals surface area contributed by atoms with Gasteiger partial charge in [0.25, 0.3) is 5.91 Å². The van der Waals surface area contributed by atoms with E-state index in [0.717, 1.165) is 4.90 Å². The highest BCUT2D eigenvalue weighted by molar-refractivity contribution is 7.91.